The fourth-order valence-corrected chi connectivity index (χ4v) is 3.62. The van der Waals surface area contributed by atoms with Gasteiger partial charge in [0.15, 0.2) is 0 Å². The molecule has 136 valence electrons. The van der Waals surface area contributed by atoms with Crippen LogP contribution in [0.25, 0.3) is 0 Å². The van der Waals surface area contributed by atoms with Gasteiger partial charge in [0.25, 0.3) is 5.91 Å². The number of carbonyl (C=O) groups excluding carboxylic acids is 1. The summed E-state index contributed by atoms with van der Waals surface area (Å²) in [6, 6.07) is 7.60. The molecule has 1 saturated heterocycles. The number of thiazole rings is 1. The third-order valence-electron chi connectivity index (χ3n) is 4.38. The predicted octanol–water partition coefficient (Wildman–Crippen LogP) is 2.54. The van der Waals surface area contributed by atoms with Crippen LogP contribution in [-0.2, 0) is 19.5 Å². The van der Waals surface area contributed by atoms with E-state index in [1.807, 2.05) is 29.2 Å². The van der Waals surface area contributed by atoms with Gasteiger partial charge >= 0.3 is 0 Å². The lowest BCUT2D eigenvalue weighted by Crippen LogP contribution is -2.48. The van der Waals surface area contributed by atoms with E-state index in [1.54, 1.807) is 11.3 Å². The lowest BCUT2D eigenvalue weighted by molar-refractivity contribution is 0.0627. The third-order valence-corrected chi connectivity index (χ3v) is 5.43. The number of carbonyl (C=O) groups is 1. The van der Waals surface area contributed by atoms with Crippen LogP contribution in [0.5, 0.6) is 0 Å². The van der Waals surface area contributed by atoms with E-state index in [0.717, 1.165) is 56.0 Å². The van der Waals surface area contributed by atoms with Crippen molar-refractivity contribution in [3.63, 3.8) is 0 Å². The topological polar surface area (TPSA) is 62.5 Å². The first kappa shape index (κ1) is 19.8. The third kappa shape index (κ3) is 5.01. The number of amides is 1. The highest BCUT2D eigenvalue weighted by atomic mass is 35.5. The van der Waals surface area contributed by atoms with Crippen LogP contribution < -0.4 is 5.73 Å². The highest BCUT2D eigenvalue weighted by Gasteiger charge is 2.22. The molecular weight excluding hydrogens is 356 g/mol. The van der Waals surface area contributed by atoms with Crippen molar-refractivity contribution < 1.29 is 4.79 Å². The van der Waals surface area contributed by atoms with Gasteiger partial charge in [0.1, 0.15) is 0 Å². The van der Waals surface area contributed by atoms with E-state index in [-0.39, 0.29) is 18.3 Å². The Morgan fingerprint density at radius 1 is 1.20 bits per heavy atom. The zero-order chi connectivity index (χ0) is 16.9. The molecule has 2 aromatic rings. The minimum absolute atomic E-state index is 0. The van der Waals surface area contributed by atoms with Crippen molar-refractivity contribution in [3.8, 4) is 0 Å². The number of aryl methyl sites for hydroxylation is 1. The molecule has 0 saturated carbocycles. The average Bonchev–Trinajstić information content (AvgIpc) is 3.09. The molecule has 25 heavy (non-hydrogen) atoms. The fourth-order valence-electron chi connectivity index (χ4n) is 2.89. The first-order valence-electron chi connectivity index (χ1n) is 8.43. The van der Waals surface area contributed by atoms with Crippen molar-refractivity contribution in [3.05, 3.63) is 51.5 Å². The number of nitrogens with zero attached hydrogens (tertiary/aromatic N) is 3. The molecule has 2 heterocycles. The van der Waals surface area contributed by atoms with E-state index < -0.39 is 0 Å². The monoisotopic (exact) mass is 380 g/mol. The molecule has 1 aliphatic heterocycles. The SMILES string of the molecule is CCc1nc(CN2CCN(C(=O)c3ccc(CN)cc3)CC2)cs1.Cl. The minimum Gasteiger partial charge on any atom is -0.336 e. The lowest BCUT2D eigenvalue weighted by Gasteiger charge is -2.34. The van der Waals surface area contributed by atoms with Crippen LogP contribution >= 0.6 is 23.7 Å². The van der Waals surface area contributed by atoms with E-state index in [0.29, 0.717) is 6.54 Å². The second-order valence-electron chi connectivity index (χ2n) is 6.06. The van der Waals surface area contributed by atoms with Crippen LogP contribution in [0, 0.1) is 0 Å². The summed E-state index contributed by atoms with van der Waals surface area (Å²) in [4.78, 5) is 21.5. The molecule has 1 aromatic heterocycles. The van der Waals surface area contributed by atoms with Gasteiger partial charge in [-0.3, -0.25) is 9.69 Å². The number of piperazine rings is 1. The molecule has 1 aliphatic rings. The summed E-state index contributed by atoms with van der Waals surface area (Å²) < 4.78 is 0. The van der Waals surface area contributed by atoms with Gasteiger partial charge in [-0.2, -0.15) is 0 Å². The molecule has 0 bridgehead atoms. The maximum Gasteiger partial charge on any atom is 0.253 e. The molecule has 7 heteroatoms. The molecule has 0 unspecified atom stereocenters. The summed E-state index contributed by atoms with van der Waals surface area (Å²) in [5, 5.41) is 3.34. The fraction of sp³-hybridized carbons (Fsp3) is 0.444. The maximum absolute atomic E-state index is 12.6. The summed E-state index contributed by atoms with van der Waals surface area (Å²) in [5.41, 5.74) is 8.54. The molecule has 1 amide bonds. The first-order chi connectivity index (χ1) is 11.7. The molecule has 2 N–H and O–H groups in total. The molecule has 0 radical (unpaired) electrons. The maximum atomic E-state index is 12.6. The standard InChI is InChI=1S/C18H24N4OS.ClH/c1-2-17-20-16(13-24-17)12-21-7-9-22(10-8-21)18(23)15-5-3-14(11-19)4-6-15;/h3-6,13H,2,7-12,19H2,1H3;1H. The second kappa shape index (κ2) is 9.29. The molecule has 1 aromatic carbocycles. The van der Waals surface area contributed by atoms with Crippen LogP contribution in [0.1, 0.15) is 33.5 Å². The van der Waals surface area contributed by atoms with Crippen molar-refractivity contribution in [1.82, 2.24) is 14.8 Å². The summed E-state index contributed by atoms with van der Waals surface area (Å²) in [5.74, 6) is 0.111. The number of nitrogens with two attached hydrogens (primary N) is 1. The predicted molar refractivity (Wildman–Crippen MR) is 104 cm³/mol. The van der Waals surface area contributed by atoms with Gasteiger partial charge in [-0.25, -0.2) is 4.98 Å². The number of hydrogen-bond acceptors (Lipinski definition) is 5. The lowest BCUT2D eigenvalue weighted by atomic mass is 10.1. The van der Waals surface area contributed by atoms with Crippen LogP contribution in [0.15, 0.2) is 29.6 Å². The summed E-state index contributed by atoms with van der Waals surface area (Å²) in [7, 11) is 0. The van der Waals surface area contributed by atoms with E-state index in [1.165, 1.54) is 5.01 Å². The quantitative estimate of drug-likeness (QED) is 0.865. The number of rotatable bonds is 5. The number of aromatic nitrogens is 1. The van der Waals surface area contributed by atoms with Crippen molar-refractivity contribution in [2.24, 2.45) is 5.73 Å². The molecule has 1 fully saturated rings. The van der Waals surface area contributed by atoms with Gasteiger partial charge < -0.3 is 10.6 Å². The minimum atomic E-state index is 0. The molecule has 3 rings (SSSR count). The summed E-state index contributed by atoms with van der Waals surface area (Å²) in [6.45, 7) is 6.84. The van der Waals surface area contributed by atoms with E-state index in [2.05, 4.69) is 22.2 Å². The smallest absolute Gasteiger partial charge is 0.253 e. The van der Waals surface area contributed by atoms with Crippen LogP contribution in [-0.4, -0.2) is 46.9 Å². The Morgan fingerprint density at radius 3 is 2.44 bits per heavy atom. The normalized spacial score (nSPS) is 15.0. The summed E-state index contributed by atoms with van der Waals surface area (Å²) in [6.07, 6.45) is 0.996. The Morgan fingerprint density at radius 2 is 1.88 bits per heavy atom. The number of benzene rings is 1. The highest BCUT2D eigenvalue weighted by molar-refractivity contribution is 7.09. The average molecular weight is 381 g/mol. The molecule has 5 nitrogen and oxygen atoms in total. The van der Waals surface area contributed by atoms with E-state index in [4.69, 9.17) is 5.73 Å². The molecule has 0 aliphatic carbocycles. The van der Waals surface area contributed by atoms with Gasteiger partial charge in [0.2, 0.25) is 0 Å². The Balaban J connectivity index is 0.00000225. The van der Waals surface area contributed by atoms with Crippen molar-refractivity contribution in [1.29, 1.82) is 0 Å². The summed E-state index contributed by atoms with van der Waals surface area (Å²) >= 11 is 1.73. The van der Waals surface area contributed by atoms with Crippen LogP contribution in [0.2, 0.25) is 0 Å². The zero-order valence-corrected chi connectivity index (χ0v) is 16.1. The molecule has 0 spiro atoms. The van der Waals surface area contributed by atoms with E-state index in [9.17, 15) is 4.79 Å². The number of halogens is 1. The Hall–Kier alpha value is -1.47. The zero-order valence-electron chi connectivity index (χ0n) is 14.5. The largest absolute Gasteiger partial charge is 0.336 e. The van der Waals surface area contributed by atoms with Crippen molar-refractivity contribution >= 4 is 29.7 Å². The van der Waals surface area contributed by atoms with Gasteiger partial charge in [0, 0.05) is 50.2 Å². The van der Waals surface area contributed by atoms with Gasteiger partial charge in [-0.1, -0.05) is 19.1 Å². The Labute approximate surface area is 159 Å². The van der Waals surface area contributed by atoms with Crippen LogP contribution in [0.4, 0.5) is 0 Å². The van der Waals surface area contributed by atoms with Gasteiger partial charge in [-0.05, 0) is 24.1 Å². The highest BCUT2D eigenvalue weighted by Crippen LogP contribution is 2.15. The van der Waals surface area contributed by atoms with Crippen molar-refractivity contribution in [2.45, 2.75) is 26.4 Å². The van der Waals surface area contributed by atoms with Crippen molar-refractivity contribution in [2.75, 3.05) is 26.2 Å². The molecule has 0 atom stereocenters. The molecular formula is C18H25ClN4OS. The second-order valence-corrected chi connectivity index (χ2v) is 7.00. The number of hydrogen-bond donors (Lipinski definition) is 1. The van der Waals surface area contributed by atoms with Gasteiger partial charge in [0.05, 0.1) is 10.7 Å². The van der Waals surface area contributed by atoms with E-state index >= 15 is 0 Å². The van der Waals surface area contributed by atoms with Crippen LogP contribution in [0.3, 0.4) is 0 Å². The Kier molecular flexibility index (Phi) is 7.38. The first-order valence-corrected chi connectivity index (χ1v) is 9.31. The van der Waals surface area contributed by atoms with Gasteiger partial charge in [-0.15, -0.1) is 23.7 Å². The Bertz CT molecular complexity index is 681.